The molecule has 0 atom stereocenters. The second kappa shape index (κ2) is 4.69. The van der Waals surface area contributed by atoms with Gasteiger partial charge in [0.25, 0.3) is 0 Å². The van der Waals surface area contributed by atoms with Gasteiger partial charge in [0.2, 0.25) is 0 Å². The van der Waals surface area contributed by atoms with Gasteiger partial charge >= 0.3 is 0 Å². The van der Waals surface area contributed by atoms with E-state index in [0.29, 0.717) is 0 Å². The molecule has 1 aromatic heterocycles. The van der Waals surface area contributed by atoms with E-state index in [9.17, 15) is 0 Å². The molecule has 0 saturated heterocycles. The summed E-state index contributed by atoms with van der Waals surface area (Å²) in [5.41, 5.74) is 4.62. The van der Waals surface area contributed by atoms with E-state index in [1.807, 2.05) is 30.3 Å². The van der Waals surface area contributed by atoms with Crippen molar-refractivity contribution in [3.63, 3.8) is 0 Å². The number of aryl methyl sites for hydroxylation is 2. The van der Waals surface area contributed by atoms with E-state index in [1.54, 1.807) is 0 Å². The maximum absolute atomic E-state index is 4.55. The third-order valence-corrected chi connectivity index (χ3v) is 3.30. The fourth-order valence-electron chi connectivity index (χ4n) is 2.00. The van der Waals surface area contributed by atoms with Crippen LogP contribution in [0.5, 0.6) is 0 Å². The Balaban J connectivity index is 1.99. The lowest BCUT2D eigenvalue weighted by molar-refractivity contribution is 1.10. The van der Waals surface area contributed by atoms with Crippen molar-refractivity contribution >= 4 is 0 Å². The van der Waals surface area contributed by atoms with Crippen LogP contribution in [0.3, 0.4) is 0 Å². The van der Waals surface area contributed by atoms with E-state index >= 15 is 0 Å². The molecule has 0 unspecified atom stereocenters. The van der Waals surface area contributed by atoms with Crippen molar-refractivity contribution in [3.05, 3.63) is 59.7 Å². The fourth-order valence-corrected chi connectivity index (χ4v) is 2.00. The van der Waals surface area contributed by atoms with Gasteiger partial charge < -0.3 is 0 Å². The molecule has 19 heavy (non-hydrogen) atoms. The number of hydrogen-bond acceptors (Lipinski definition) is 2. The molecule has 0 aliphatic heterocycles. The fraction of sp³-hybridized carbons (Fsp3) is 0.125. The van der Waals surface area contributed by atoms with Crippen LogP contribution in [0, 0.1) is 13.8 Å². The summed E-state index contributed by atoms with van der Waals surface area (Å²) in [5, 5.41) is 7.29. The van der Waals surface area contributed by atoms with Crippen LogP contribution in [0.25, 0.3) is 22.8 Å². The first-order valence-electron chi connectivity index (χ1n) is 6.29. The summed E-state index contributed by atoms with van der Waals surface area (Å²) >= 11 is 0. The van der Waals surface area contributed by atoms with Crippen LogP contribution < -0.4 is 0 Å². The van der Waals surface area contributed by atoms with Crippen molar-refractivity contribution in [3.8, 4) is 22.8 Å². The van der Waals surface area contributed by atoms with E-state index in [-0.39, 0.29) is 0 Å². The van der Waals surface area contributed by atoms with Crippen molar-refractivity contribution in [2.45, 2.75) is 13.8 Å². The number of aromatic nitrogens is 3. The second-order valence-corrected chi connectivity index (χ2v) is 4.67. The van der Waals surface area contributed by atoms with E-state index in [0.717, 1.165) is 22.8 Å². The van der Waals surface area contributed by atoms with Gasteiger partial charge in [-0.2, -0.15) is 5.10 Å². The summed E-state index contributed by atoms with van der Waals surface area (Å²) in [4.78, 5) is 4.55. The van der Waals surface area contributed by atoms with Gasteiger partial charge in [0.1, 0.15) is 0 Å². The van der Waals surface area contributed by atoms with Gasteiger partial charge in [-0.1, -0.05) is 42.5 Å². The standard InChI is InChI=1S/C16H15N3/c1-11-8-9-14(10-12(11)2)16-17-15(18-19-16)13-6-4-3-5-7-13/h3-10H,1-2H3,(H,17,18,19). The number of benzene rings is 2. The Morgan fingerprint density at radius 2 is 1.63 bits per heavy atom. The van der Waals surface area contributed by atoms with Gasteiger partial charge in [0, 0.05) is 11.1 Å². The molecule has 1 N–H and O–H groups in total. The maximum Gasteiger partial charge on any atom is 0.181 e. The number of aromatic amines is 1. The Hall–Kier alpha value is -2.42. The molecule has 0 spiro atoms. The molecule has 0 bridgehead atoms. The summed E-state index contributed by atoms with van der Waals surface area (Å²) in [6.07, 6.45) is 0. The van der Waals surface area contributed by atoms with Crippen LogP contribution in [0.2, 0.25) is 0 Å². The summed E-state index contributed by atoms with van der Waals surface area (Å²) in [6.45, 7) is 4.20. The molecule has 3 heteroatoms. The van der Waals surface area contributed by atoms with Gasteiger partial charge in [-0.3, -0.25) is 5.10 Å². The normalized spacial score (nSPS) is 10.6. The van der Waals surface area contributed by atoms with E-state index < -0.39 is 0 Å². The zero-order chi connectivity index (χ0) is 13.2. The minimum atomic E-state index is 0.738. The number of rotatable bonds is 2. The molecule has 0 amide bonds. The predicted molar refractivity (Wildman–Crippen MR) is 76.7 cm³/mol. The zero-order valence-corrected chi connectivity index (χ0v) is 11.0. The molecule has 1 heterocycles. The topological polar surface area (TPSA) is 41.6 Å². The maximum atomic E-state index is 4.55. The lowest BCUT2D eigenvalue weighted by Crippen LogP contribution is -1.85. The smallest absolute Gasteiger partial charge is 0.181 e. The highest BCUT2D eigenvalue weighted by molar-refractivity contribution is 5.62. The highest BCUT2D eigenvalue weighted by atomic mass is 15.2. The van der Waals surface area contributed by atoms with E-state index in [1.165, 1.54) is 11.1 Å². The molecule has 3 aromatic rings. The molecular formula is C16H15N3. The Labute approximate surface area is 112 Å². The highest BCUT2D eigenvalue weighted by Gasteiger charge is 2.07. The van der Waals surface area contributed by atoms with Crippen molar-refractivity contribution in [1.29, 1.82) is 0 Å². The Morgan fingerprint density at radius 3 is 2.37 bits per heavy atom. The van der Waals surface area contributed by atoms with Crippen LogP contribution in [0.1, 0.15) is 11.1 Å². The van der Waals surface area contributed by atoms with E-state index in [4.69, 9.17) is 0 Å². The Kier molecular flexibility index (Phi) is 2.88. The summed E-state index contributed by atoms with van der Waals surface area (Å²) in [6, 6.07) is 16.3. The van der Waals surface area contributed by atoms with Crippen LogP contribution >= 0.6 is 0 Å². The largest absolute Gasteiger partial charge is 0.259 e. The lowest BCUT2D eigenvalue weighted by atomic mass is 10.1. The summed E-state index contributed by atoms with van der Waals surface area (Å²) in [5.74, 6) is 1.54. The second-order valence-electron chi connectivity index (χ2n) is 4.67. The molecule has 3 rings (SSSR count). The van der Waals surface area contributed by atoms with Gasteiger partial charge in [-0.15, -0.1) is 0 Å². The molecule has 0 aliphatic carbocycles. The van der Waals surface area contributed by atoms with Crippen LogP contribution in [0.15, 0.2) is 48.5 Å². The predicted octanol–water partition coefficient (Wildman–Crippen LogP) is 3.76. The Bertz CT molecular complexity index is 699. The average molecular weight is 249 g/mol. The number of hydrogen-bond donors (Lipinski definition) is 1. The molecule has 3 nitrogen and oxygen atoms in total. The molecule has 2 aromatic carbocycles. The van der Waals surface area contributed by atoms with Gasteiger partial charge in [-0.25, -0.2) is 4.98 Å². The van der Waals surface area contributed by atoms with Crippen molar-refractivity contribution < 1.29 is 0 Å². The van der Waals surface area contributed by atoms with E-state index in [2.05, 4.69) is 47.2 Å². The van der Waals surface area contributed by atoms with Crippen LogP contribution in [-0.2, 0) is 0 Å². The molecule has 0 aliphatic rings. The lowest BCUT2D eigenvalue weighted by Gasteiger charge is -2.01. The zero-order valence-electron chi connectivity index (χ0n) is 11.0. The van der Waals surface area contributed by atoms with Crippen molar-refractivity contribution in [2.75, 3.05) is 0 Å². The SMILES string of the molecule is Cc1ccc(-c2n[nH]c(-c3ccccc3)n2)cc1C. The molecule has 0 saturated carbocycles. The number of nitrogens with one attached hydrogen (secondary N) is 1. The average Bonchev–Trinajstić information content (AvgIpc) is 2.93. The summed E-state index contributed by atoms with van der Waals surface area (Å²) < 4.78 is 0. The van der Waals surface area contributed by atoms with Gasteiger partial charge in [-0.05, 0) is 31.0 Å². The number of nitrogens with zero attached hydrogens (tertiary/aromatic N) is 2. The van der Waals surface area contributed by atoms with Crippen LogP contribution in [0.4, 0.5) is 0 Å². The Morgan fingerprint density at radius 1 is 0.842 bits per heavy atom. The third-order valence-electron chi connectivity index (χ3n) is 3.30. The van der Waals surface area contributed by atoms with Crippen molar-refractivity contribution in [1.82, 2.24) is 15.2 Å². The quantitative estimate of drug-likeness (QED) is 0.751. The van der Waals surface area contributed by atoms with Gasteiger partial charge in [0.15, 0.2) is 11.6 Å². The summed E-state index contributed by atoms with van der Waals surface area (Å²) in [7, 11) is 0. The van der Waals surface area contributed by atoms with Crippen molar-refractivity contribution in [2.24, 2.45) is 0 Å². The number of H-pyrrole nitrogens is 1. The first-order valence-corrected chi connectivity index (χ1v) is 6.29. The minimum Gasteiger partial charge on any atom is -0.259 e. The minimum absolute atomic E-state index is 0.738. The van der Waals surface area contributed by atoms with Crippen LogP contribution in [-0.4, -0.2) is 15.2 Å². The molecular weight excluding hydrogens is 234 g/mol. The highest BCUT2D eigenvalue weighted by Crippen LogP contribution is 2.21. The third kappa shape index (κ3) is 2.27. The molecule has 94 valence electrons. The first kappa shape index (κ1) is 11.7. The molecule has 0 radical (unpaired) electrons. The molecule has 0 fully saturated rings. The monoisotopic (exact) mass is 249 g/mol. The first-order chi connectivity index (χ1) is 9.24. The van der Waals surface area contributed by atoms with Gasteiger partial charge in [0.05, 0.1) is 0 Å².